The molecule has 0 radical (unpaired) electrons. The molecule has 0 saturated heterocycles. The Labute approximate surface area is 114 Å². The van der Waals surface area contributed by atoms with E-state index in [0.717, 1.165) is 5.69 Å². The predicted molar refractivity (Wildman–Crippen MR) is 72.0 cm³/mol. The fourth-order valence-electron chi connectivity index (χ4n) is 1.68. The molecule has 0 bridgehead atoms. The van der Waals surface area contributed by atoms with Gasteiger partial charge >= 0.3 is 0 Å². The topological polar surface area (TPSA) is 39.1 Å². The quantitative estimate of drug-likeness (QED) is 0.793. The number of carbonyl (C=O) groups is 1. The van der Waals surface area contributed by atoms with E-state index >= 15 is 0 Å². The zero-order chi connectivity index (χ0) is 13.3. The summed E-state index contributed by atoms with van der Waals surface area (Å²) in [4.78, 5) is 22.7. The molecular formula is C13H9Cl2NO2. The summed E-state index contributed by atoms with van der Waals surface area (Å²) in [7, 11) is 0. The largest absolute Gasteiger partial charge is 0.320 e. The van der Waals surface area contributed by atoms with Gasteiger partial charge in [-0.2, -0.15) is 0 Å². The summed E-state index contributed by atoms with van der Waals surface area (Å²) >= 11 is 11.3. The van der Waals surface area contributed by atoms with Crippen molar-refractivity contribution in [2.24, 2.45) is 0 Å². The second kappa shape index (κ2) is 4.96. The third-order valence-corrected chi connectivity index (χ3v) is 2.98. The maximum atomic E-state index is 11.6. The molecule has 0 N–H and O–H groups in total. The summed E-state index contributed by atoms with van der Waals surface area (Å²) in [5.74, 6) is 0. The van der Waals surface area contributed by atoms with Crippen LogP contribution < -0.4 is 5.43 Å². The van der Waals surface area contributed by atoms with Crippen molar-refractivity contribution in [1.29, 1.82) is 0 Å². The molecule has 0 unspecified atom stereocenters. The number of rotatable bonds is 2. The van der Waals surface area contributed by atoms with Crippen LogP contribution in [0.5, 0.6) is 0 Å². The molecule has 1 aromatic heterocycles. The van der Waals surface area contributed by atoms with Crippen molar-refractivity contribution in [3.8, 4) is 5.69 Å². The van der Waals surface area contributed by atoms with Crippen molar-refractivity contribution in [3.05, 3.63) is 63.0 Å². The molecule has 0 aliphatic rings. The lowest BCUT2D eigenvalue weighted by molar-refractivity contribution is 0.108. The van der Waals surface area contributed by atoms with Crippen molar-refractivity contribution in [2.45, 2.75) is 6.92 Å². The molecule has 1 heterocycles. The number of pyridine rings is 1. The van der Waals surface area contributed by atoms with Crippen LogP contribution in [0.2, 0.25) is 5.02 Å². The minimum atomic E-state index is -0.768. The number of hydrogen-bond acceptors (Lipinski definition) is 2. The Morgan fingerprint density at radius 3 is 2.61 bits per heavy atom. The van der Waals surface area contributed by atoms with E-state index in [1.165, 1.54) is 12.3 Å². The molecule has 3 nitrogen and oxygen atoms in total. The Morgan fingerprint density at radius 1 is 1.28 bits per heavy atom. The standard InChI is InChI=1S/C13H9Cl2NO2/c1-8-5-12(17)11(13(15)18)7-16(8)10-4-2-3-9(14)6-10/h2-7H,1H3. The Morgan fingerprint density at radius 2 is 2.00 bits per heavy atom. The van der Waals surface area contributed by atoms with Crippen molar-refractivity contribution in [2.75, 3.05) is 0 Å². The smallest absolute Gasteiger partial charge is 0.257 e. The van der Waals surface area contributed by atoms with E-state index < -0.39 is 5.24 Å². The first-order chi connectivity index (χ1) is 8.49. The van der Waals surface area contributed by atoms with Crippen LogP contribution in [0, 0.1) is 6.92 Å². The molecule has 92 valence electrons. The molecule has 2 rings (SSSR count). The average molecular weight is 282 g/mol. The maximum absolute atomic E-state index is 11.6. The first-order valence-electron chi connectivity index (χ1n) is 5.18. The number of aromatic nitrogens is 1. The normalized spacial score (nSPS) is 10.4. The van der Waals surface area contributed by atoms with Gasteiger partial charge in [-0.25, -0.2) is 0 Å². The van der Waals surface area contributed by atoms with Crippen molar-refractivity contribution in [1.82, 2.24) is 4.57 Å². The first kappa shape index (κ1) is 12.9. The SMILES string of the molecule is Cc1cc(=O)c(C(=O)Cl)cn1-c1cccc(Cl)c1. The van der Waals surface area contributed by atoms with Crippen LogP contribution in [-0.4, -0.2) is 9.81 Å². The molecule has 0 aliphatic heterocycles. The van der Waals surface area contributed by atoms with Crippen molar-refractivity contribution in [3.63, 3.8) is 0 Å². The fourth-order valence-corrected chi connectivity index (χ4v) is 2.01. The van der Waals surface area contributed by atoms with Gasteiger partial charge in [-0.15, -0.1) is 0 Å². The van der Waals surface area contributed by atoms with Crippen LogP contribution >= 0.6 is 23.2 Å². The van der Waals surface area contributed by atoms with Gasteiger partial charge in [0.05, 0.1) is 5.56 Å². The minimum Gasteiger partial charge on any atom is -0.320 e. The molecule has 0 fully saturated rings. The molecule has 0 amide bonds. The highest BCUT2D eigenvalue weighted by Crippen LogP contribution is 2.16. The van der Waals surface area contributed by atoms with E-state index in [1.807, 2.05) is 6.07 Å². The Hall–Kier alpha value is -1.58. The molecular weight excluding hydrogens is 273 g/mol. The number of carbonyl (C=O) groups excluding carboxylic acids is 1. The fraction of sp³-hybridized carbons (Fsp3) is 0.0769. The molecule has 5 heteroatoms. The average Bonchev–Trinajstić information content (AvgIpc) is 2.28. The Bertz CT molecular complexity index is 677. The second-order valence-electron chi connectivity index (χ2n) is 3.82. The highest BCUT2D eigenvalue weighted by atomic mass is 35.5. The molecule has 18 heavy (non-hydrogen) atoms. The molecule has 1 aromatic carbocycles. The van der Waals surface area contributed by atoms with Gasteiger partial charge in [-0.1, -0.05) is 17.7 Å². The number of halogens is 2. The Kier molecular flexibility index (Phi) is 3.55. The summed E-state index contributed by atoms with van der Waals surface area (Å²) < 4.78 is 1.70. The lowest BCUT2D eigenvalue weighted by Crippen LogP contribution is -2.16. The molecule has 0 saturated carbocycles. The lowest BCUT2D eigenvalue weighted by atomic mass is 10.2. The van der Waals surface area contributed by atoms with Gasteiger partial charge in [0.1, 0.15) is 0 Å². The van der Waals surface area contributed by atoms with Crippen LogP contribution in [0.4, 0.5) is 0 Å². The lowest BCUT2D eigenvalue weighted by Gasteiger charge is -2.11. The van der Waals surface area contributed by atoms with Crippen LogP contribution in [0.25, 0.3) is 5.69 Å². The summed E-state index contributed by atoms with van der Waals surface area (Å²) in [6.45, 7) is 1.77. The van der Waals surface area contributed by atoms with Gasteiger partial charge in [0.15, 0.2) is 5.43 Å². The van der Waals surface area contributed by atoms with Crippen molar-refractivity contribution >= 4 is 28.4 Å². The third kappa shape index (κ3) is 2.47. The maximum Gasteiger partial charge on any atom is 0.257 e. The van der Waals surface area contributed by atoms with Gasteiger partial charge in [0, 0.05) is 28.7 Å². The van der Waals surface area contributed by atoms with Crippen LogP contribution in [0.3, 0.4) is 0 Å². The van der Waals surface area contributed by atoms with Gasteiger partial charge < -0.3 is 4.57 Å². The van der Waals surface area contributed by atoms with Crippen molar-refractivity contribution < 1.29 is 4.79 Å². The van der Waals surface area contributed by atoms with E-state index in [2.05, 4.69) is 0 Å². The van der Waals surface area contributed by atoms with Gasteiger partial charge in [0.25, 0.3) is 5.24 Å². The van der Waals surface area contributed by atoms with Crippen LogP contribution in [0.15, 0.2) is 41.3 Å². The van der Waals surface area contributed by atoms with E-state index in [0.29, 0.717) is 10.7 Å². The van der Waals surface area contributed by atoms with E-state index in [1.54, 1.807) is 29.7 Å². The number of aryl methyl sites for hydroxylation is 1. The van der Waals surface area contributed by atoms with E-state index in [4.69, 9.17) is 23.2 Å². The first-order valence-corrected chi connectivity index (χ1v) is 5.93. The van der Waals surface area contributed by atoms with E-state index in [9.17, 15) is 9.59 Å². The van der Waals surface area contributed by atoms with E-state index in [-0.39, 0.29) is 11.0 Å². The number of benzene rings is 1. The zero-order valence-corrected chi connectivity index (χ0v) is 11.0. The molecule has 0 spiro atoms. The van der Waals surface area contributed by atoms with Gasteiger partial charge in [-0.05, 0) is 36.7 Å². The minimum absolute atomic E-state index is 0.0535. The summed E-state index contributed by atoms with van der Waals surface area (Å²) in [5, 5.41) is -0.194. The monoisotopic (exact) mass is 281 g/mol. The van der Waals surface area contributed by atoms with Gasteiger partial charge in [0.2, 0.25) is 0 Å². The number of hydrogen-bond donors (Lipinski definition) is 0. The Balaban J connectivity index is 2.68. The summed E-state index contributed by atoms with van der Waals surface area (Å²) in [5.41, 5.74) is 1.02. The summed E-state index contributed by atoms with van der Waals surface area (Å²) in [6, 6.07) is 8.47. The number of nitrogens with zero attached hydrogens (tertiary/aromatic N) is 1. The highest BCUT2D eigenvalue weighted by molar-refractivity contribution is 6.67. The molecule has 0 aliphatic carbocycles. The van der Waals surface area contributed by atoms with Gasteiger partial charge in [-0.3, -0.25) is 9.59 Å². The van der Waals surface area contributed by atoms with Crippen LogP contribution in [0.1, 0.15) is 16.1 Å². The summed E-state index contributed by atoms with van der Waals surface area (Å²) in [6.07, 6.45) is 1.43. The third-order valence-electron chi connectivity index (χ3n) is 2.54. The second-order valence-corrected chi connectivity index (χ2v) is 4.60. The predicted octanol–water partition coefficient (Wildman–Crippen LogP) is 3.18. The van der Waals surface area contributed by atoms with Crippen LogP contribution in [-0.2, 0) is 0 Å². The molecule has 0 atom stereocenters. The highest BCUT2D eigenvalue weighted by Gasteiger charge is 2.10. The molecule has 2 aromatic rings. The zero-order valence-electron chi connectivity index (χ0n) is 9.48.